The van der Waals surface area contributed by atoms with Crippen LogP contribution in [0.1, 0.15) is 9.67 Å². The van der Waals surface area contributed by atoms with Gasteiger partial charge in [-0.3, -0.25) is 0 Å². The molecule has 0 aliphatic rings. The second-order valence-electron chi connectivity index (χ2n) is 2.08. The minimum Gasteiger partial charge on any atom is -0.493 e. The first-order chi connectivity index (χ1) is 6.11. The molecule has 0 atom stereocenters. The Balaban J connectivity index is 3.27. The van der Waals surface area contributed by atoms with E-state index in [-0.39, 0.29) is 10.6 Å². The van der Waals surface area contributed by atoms with Crippen molar-refractivity contribution in [3.8, 4) is 5.75 Å². The van der Waals surface area contributed by atoms with Crippen LogP contribution in [0.15, 0.2) is 4.21 Å². The third kappa shape index (κ3) is 1.92. The molecule has 0 spiro atoms. The van der Waals surface area contributed by atoms with Crippen LogP contribution in [0.3, 0.4) is 0 Å². The fourth-order valence-corrected chi connectivity index (χ4v) is 2.99. The molecule has 0 radical (unpaired) electrons. The lowest BCUT2D eigenvalue weighted by Crippen LogP contribution is -1.95. The average molecular weight is 239 g/mol. The molecule has 0 amide bonds. The molecular weight excluding hydrogens is 232 g/mol. The predicted molar refractivity (Wildman–Crippen MR) is 54.6 cm³/mol. The van der Waals surface area contributed by atoms with Crippen LogP contribution in [-0.2, 0) is 0 Å². The lowest BCUT2D eigenvalue weighted by Gasteiger charge is -1.97. The first kappa shape index (κ1) is 10.7. The quantitative estimate of drug-likeness (QED) is 0.823. The van der Waals surface area contributed by atoms with Crippen molar-refractivity contribution in [1.29, 1.82) is 0 Å². The minimum atomic E-state index is -1.01. The normalized spacial score (nSPS) is 10.1. The van der Waals surface area contributed by atoms with E-state index in [1.807, 2.05) is 6.26 Å². The fourth-order valence-electron chi connectivity index (χ4n) is 0.831. The summed E-state index contributed by atoms with van der Waals surface area (Å²) in [5.41, 5.74) is 0. The monoisotopic (exact) mass is 238 g/mol. The number of carbonyl (C=O) groups is 1. The van der Waals surface area contributed by atoms with Crippen LogP contribution >= 0.6 is 34.7 Å². The van der Waals surface area contributed by atoms with Gasteiger partial charge in [-0.05, 0) is 6.26 Å². The Hall–Kier alpha value is -0.390. The summed E-state index contributed by atoms with van der Waals surface area (Å²) >= 11 is 8.41. The number of hydrogen-bond acceptors (Lipinski definition) is 4. The van der Waals surface area contributed by atoms with Crippen molar-refractivity contribution in [2.45, 2.75) is 4.21 Å². The Morgan fingerprint density at radius 2 is 2.31 bits per heavy atom. The van der Waals surface area contributed by atoms with Gasteiger partial charge < -0.3 is 9.84 Å². The molecule has 1 N–H and O–H groups in total. The zero-order valence-corrected chi connectivity index (χ0v) is 9.35. The second kappa shape index (κ2) is 4.21. The lowest BCUT2D eigenvalue weighted by molar-refractivity contribution is 0.0699. The highest BCUT2D eigenvalue weighted by atomic mass is 35.5. The molecular formula is C7H7ClO3S2. The third-order valence-corrected chi connectivity index (χ3v) is 4.23. The molecule has 0 aromatic carbocycles. The van der Waals surface area contributed by atoms with E-state index >= 15 is 0 Å². The predicted octanol–water partition coefficient (Wildman–Crippen LogP) is 2.83. The van der Waals surface area contributed by atoms with E-state index in [1.165, 1.54) is 18.9 Å². The molecule has 0 aliphatic heterocycles. The Morgan fingerprint density at radius 3 is 2.62 bits per heavy atom. The smallest absolute Gasteiger partial charge is 0.349 e. The average Bonchev–Trinajstić information content (AvgIpc) is 2.42. The van der Waals surface area contributed by atoms with Crippen LogP contribution in [0.5, 0.6) is 5.75 Å². The van der Waals surface area contributed by atoms with Gasteiger partial charge >= 0.3 is 5.97 Å². The Bertz CT molecular complexity index is 335. The number of carboxylic acids is 1. The van der Waals surface area contributed by atoms with Crippen LogP contribution in [0.25, 0.3) is 0 Å². The minimum absolute atomic E-state index is 0.150. The van der Waals surface area contributed by atoms with Crippen LogP contribution < -0.4 is 4.74 Å². The zero-order chi connectivity index (χ0) is 10.0. The van der Waals surface area contributed by atoms with Gasteiger partial charge in [0, 0.05) is 0 Å². The van der Waals surface area contributed by atoms with Crippen LogP contribution in [0.2, 0.25) is 5.02 Å². The van der Waals surface area contributed by atoms with Gasteiger partial charge in [0.1, 0.15) is 5.02 Å². The number of aromatic carboxylic acids is 1. The first-order valence-electron chi connectivity index (χ1n) is 3.25. The van der Waals surface area contributed by atoms with Gasteiger partial charge in [-0.2, -0.15) is 0 Å². The van der Waals surface area contributed by atoms with Crippen LogP contribution in [0.4, 0.5) is 0 Å². The van der Waals surface area contributed by atoms with Gasteiger partial charge in [0.05, 0.1) is 11.3 Å². The summed E-state index contributed by atoms with van der Waals surface area (Å²) in [7, 11) is 1.41. The Kier molecular flexibility index (Phi) is 3.47. The molecule has 3 nitrogen and oxygen atoms in total. The van der Waals surface area contributed by atoms with Gasteiger partial charge in [0.25, 0.3) is 0 Å². The molecule has 0 unspecified atom stereocenters. The highest BCUT2D eigenvalue weighted by molar-refractivity contribution is 8.00. The van der Waals surface area contributed by atoms with E-state index in [1.54, 1.807) is 0 Å². The van der Waals surface area contributed by atoms with E-state index in [4.69, 9.17) is 21.4 Å². The number of hydrogen-bond donors (Lipinski definition) is 1. The summed E-state index contributed by atoms with van der Waals surface area (Å²) in [5, 5.41) is 9.18. The summed E-state index contributed by atoms with van der Waals surface area (Å²) in [4.78, 5) is 10.9. The number of ether oxygens (including phenoxy) is 1. The molecule has 1 aromatic rings. The number of thioether (sulfide) groups is 1. The maximum Gasteiger partial charge on any atom is 0.349 e. The number of carboxylic acid groups (broad SMARTS) is 1. The standard InChI is InChI=1S/C7H7ClO3S2/c1-11-4-3(8)7(12-2)13-5(4)6(9)10/h1-2H3,(H,9,10). The van der Waals surface area contributed by atoms with E-state index in [9.17, 15) is 4.79 Å². The van der Waals surface area contributed by atoms with Crippen LogP contribution in [-0.4, -0.2) is 24.4 Å². The Labute approximate surface area is 88.7 Å². The lowest BCUT2D eigenvalue weighted by atomic mass is 10.4. The zero-order valence-electron chi connectivity index (χ0n) is 6.96. The summed E-state index contributed by atoms with van der Waals surface area (Å²) in [6.45, 7) is 0. The largest absolute Gasteiger partial charge is 0.493 e. The molecule has 0 aliphatic carbocycles. The second-order valence-corrected chi connectivity index (χ2v) is 4.55. The van der Waals surface area contributed by atoms with Crippen molar-refractivity contribution in [3.63, 3.8) is 0 Å². The topological polar surface area (TPSA) is 46.5 Å². The number of rotatable bonds is 3. The van der Waals surface area contributed by atoms with E-state index in [0.29, 0.717) is 5.02 Å². The van der Waals surface area contributed by atoms with Gasteiger partial charge in [0.2, 0.25) is 0 Å². The molecule has 72 valence electrons. The summed E-state index contributed by atoms with van der Waals surface area (Å²) in [5.74, 6) is -0.757. The highest BCUT2D eigenvalue weighted by Crippen LogP contribution is 2.43. The molecule has 1 rings (SSSR count). The van der Waals surface area contributed by atoms with Gasteiger partial charge in [-0.1, -0.05) is 11.6 Å². The molecule has 13 heavy (non-hydrogen) atoms. The molecule has 0 saturated heterocycles. The van der Waals surface area contributed by atoms with Crippen molar-refractivity contribution in [1.82, 2.24) is 0 Å². The molecule has 0 bridgehead atoms. The highest BCUT2D eigenvalue weighted by Gasteiger charge is 2.21. The number of thiophene rings is 1. The third-order valence-electron chi connectivity index (χ3n) is 1.36. The molecule has 0 saturated carbocycles. The number of methoxy groups -OCH3 is 1. The summed E-state index contributed by atoms with van der Waals surface area (Å²) in [6.07, 6.45) is 1.84. The SMILES string of the molecule is COc1c(C(=O)O)sc(SC)c1Cl. The van der Waals surface area contributed by atoms with E-state index in [0.717, 1.165) is 15.5 Å². The summed E-state index contributed by atoms with van der Waals surface area (Å²) < 4.78 is 5.66. The van der Waals surface area contributed by atoms with E-state index in [2.05, 4.69) is 0 Å². The van der Waals surface area contributed by atoms with Crippen LogP contribution in [0, 0.1) is 0 Å². The maximum atomic E-state index is 10.7. The first-order valence-corrected chi connectivity index (χ1v) is 5.67. The van der Waals surface area contributed by atoms with Crippen molar-refractivity contribution < 1.29 is 14.6 Å². The van der Waals surface area contributed by atoms with E-state index < -0.39 is 5.97 Å². The van der Waals surface area contributed by atoms with Crippen molar-refractivity contribution >= 4 is 40.7 Å². The fraction of sp³-hybridized carbons (Fsp3) is 0.286. The molecule has 1 heterocycles. The molecule has 0 fully saturated rings. The van der Waals surface area contributed by atoms with Crippen molar-refractivity contribution in [2.75, 3.05) is 13.4 Å². The van der Waals surface area contributed by atoms with Crippen molar-refractivity contribution in [2.24, 2.45) is 0 Å². The number of halogens is 1. The molecule has 6 heteroatoms. The maximum absolute atomic E-state index is 10.7. The summed E-state index contributed by atoms with van der Waals surface area (Å²) in [6, 6.07) is 0. The van der Waals surface area contributed by atoms with Gasteiger partial charge in [0.15, 0.2) is 10.6 Å². The van der Waals surface area contributed by atoms with Crippen molar-refractivity contribution in [3.05, 3.63) is 9.90 Å². The Morgan fingerprint density at radius 1 is 1.69 bits per heavy atom. The molecule has 1 aromatic heterocycles. The van der Waals surface area contributed by atoms with Gasteiger partial charge in [-0.25, -0.2) is 4.79 Å². The van der Waals surface area contributed by atoms with Gasteiger partial charge in [-0.15, -0.1) is 23.1 Å².